The highest BCUT2D eigenvalue weighted by Gasteiger charge is 2.32. The topological polar surface area (TPSA) is 45.5 Å². The van der Waals surface area contributed by atoms with Crippen LogP contribution in [-0.2, 0) is 4.79 Å². The fourth-order valence-corrected chi connectivity index (χ4v) is 2.50. The Morgan fingerprint density at radius 3 is 2.77 bits per heavy atom. The first-order valence-electron chi connectivity index (χ1n) is 6.80. The van der Waals surface area contributed by atoms with E-state index in [9.17, 15) is 4.79 Å². The lowest BCUT2D eigenvalue weighted by molar-refractivity contribution is -0.113. The number of nitrogens with one attached hydrogen (secondary N) is 1. The standard InChI is InChI=1S/C17H14N2O2S/c1-12-6-2-3-10-15(12)19-16(20)14(18-17(19)22)9-4-7-13-8-5-11-21-13/h2-11H,1H3,(H,18,22)/b7-4+,14-9+. The molecule has 1 aromatic carbocycles. The van der Waals surface area contributed by atoms with Crippen molar-refractivity contribution in [3.8, 4) is 0 Å². The number of nitrogens with zero attached hydrogens (tertiary/aromatic N) is 1. The summed E-state index contributed by atoms with van der Waals surface area (Å²) in [5, 5.41) is 3.33. The molecule has 0 aliphatic carbocycles. The van der Waals surface area contributed by atoms with Crippen LogP contribution < -0.4 is 10.2 Å². The van der Waals surface area contributed by atoms with Gasteiger partial charge in [-0.15, -0.1) is 0 Å². The monoisotopic (exact) mass is 310 g/mol. The molecule has 1 fully saturated rings. The first kappa shape index (κ1) is 14.3. The fourth-order valence-electron chi connectivity index (χ4n) is 2.21. The molecule has 0 spiro atoms. The predicted octanol–water partition coefficient (Wildman–Crippen LogP) is 3.41. The minimum absolute atomic E-state index is 0.164. The maximum Gasteiger partial charge on any atom is 0.281 e. The van der Waals surface area contributed by atoms with Crippen molar-refractivity contribution in [2.75, 3.05) is 4.90 Å². The number of benzene rings is 1. The lowest BCUT2D eigenvalue weighted by Crippen LogP contribution is -2.30. The van der Waals surface area contributed by atoms with Crippen LogP contribution in [0.25, 0.3) is 6.08 Å². The third-order valence-electron chi connectivity index (χ3n) is 3.30. The van der Waals surface area contributed by atoms with Gasteiger partial charge in [0.05, 0.1) is 12.0 Å². The zero-order valence-corrected chi connectivity index (χ0v) is 12.8. The summed E-state index contributed by atoms with van der Waals surface area (Å²) in [5.41, 5.74) is 2.23. The number of aryl methyl sites for hydroxylation is 1. The van der Waals surface area contributed by atoms with E-state index in [1.54, 1.807) is 30.6 Å². The lowest BCUT2D eigenvalue weighted by atomic mass is 10.2. The number of amides is 1. The normalized spacial score (nSPS) is 16.8. The van der Waals surface area contributed by atoms with Gasteiger partial charge < -0.3 is 9.73 Å². The van der Waals surface area contributed by atoms with Gasteiger partial charge in [-0.25, -0.2) is 0 Å². The molecule has 2 aromatic rings. The zero-order valence-electron chi connectivity index (χ0n) is 11.9. The Balaban J connectivity index is 1.84. The van der Waals surface area contributed by atoms with Crippen LogP contribution in [0.5, 0.6) is 0 Å². The van der Waals surface area contributed by atoms with Crippen molar-refractivity contribution in [2.24, 2.45) is 0 Å². The quantitative estimate of drug-likeness (QED) is 0.697. The van der Waals surface area contributed by atoms with E-state index in [4.69, 9.17) is 16.6 Å². The summed E-state index contributed by atoms with van der Waals surface area (Å²) < 4.78 is 5.19. The summed E-state index contributed by atoms with van der Waals surface area (Å²) in [6.45, 7) is 1.95. The highest BCUT2D eigenvalue weighted by atomic mass is 32.1. The van der Waals surface area contributed by atoms with Crippen LogP contribution in [0, 0.1) is 6.92 Å². The van der Waals surface area contributed by atoms with Gasteiger partial charge in [-0.3, -0.25) is 9.69 Å². The number of hydrogen-bond donors (Lipinski definition) is 1. The van der Waals surface area contributed by atoms with Crippen LogP contribution in [0.2, 0.25) is 0 Å². The van der Waals surface area contributed by atoms with Crippen LogP contribution in [-0.4, -0.2) is 11.0 Å². The van der Waals surface area contributed by atoms with E-state index in [1.807, 2.05) is 37.3 Å². The molecule has 5 heteroatoms. The number of anilines is 1. The SMILES string of the molecule is Cc1ccccc1N1C(=O)/C(=C\C=C\c2ccco2)NC1=S. The third-order valence-corrected chi connectivity index (χ3v) is 3.59. The number of allylic oxidation sites excluding steroid dienone is 2. The number of rotatable bonds is 3. The number of carbonyl (C=O) groups excluding carboxylic acids is 1. The molecular formula is C17H14N2O2S. The molecule has 1 N–H and O–H groups in total. The van der Waals surface area contributed by atoms with E-state index < -0.39 is 0 Å². The van der Waals surface area contributed by atoms with Crippen molar-refractivity contribution < 1.29 is 9.21 Å². The molecular weight excluding hydrogens is 296 g/mol. The third kappa shape index (κ3) is 2.71. The number of furan rings is 1. The van der Waals surface area contributed by atoms with Crippen molar-refractivity contribution >= 4 is 35.0 Å². The summed E-state index contributed by atoms with van der Waals surface area (Å²) in [6.07, 6.45) is 6.82. The van der Waals surface area contributed by atoms with Gasteiger partial charge in [0.2, 0.25) is 0 Å². The van der Waals surface area contributed by atoms with E-state index in [1.165, 1.54) is 4.90 Å². The smallest absolute Gasteiger partial charge is 0.281 e. The molecule has 1 amide bonds. The number of hydrogen-bond acceptors (Lipinski definition) is 3. The van der Waals surface area contributed by atoms with Gasteiger partial charge in [0.25, 0.3) is 5.91 Å². The van der Waals surface area contributed by atoms with Gasteiger partial charge in [-0.1, -0.05) is 24.3 Å². The lowest BCUT2D eigenvalue weighted by Gasteiger charge is -2.16. The molecule has 0 radical (unpaired) electrons. The Morgan fingerprint density at radius 2 is 2.05 bits per heavy atom. The highest BCUT2D eigenvalue weighted by Crippen LogP contribution is 2.24. The van der Waals surface area contributed by atoms with Gasteiger partial charge in [-0.2, -0.15) is 0 Å². The summed E-state index contributed by atoms with van der Waals surface area (Å²) in [4.78, 5) is 14.0. The van der Waals surface area contributed by atoms with Crippen molar-refractivity contribution in [1.29, 1.82) is 0 Å². The Labute approximate surface area is 133 Å². The van der Waals surface area contributed by atoms with Crippen molar-refractivity contribution in [3.63, 3.8) is 0 Å². The molecule has 3 rings (SSSR count). The summed E-state index contributed by atoms with van der Waals surface area (Å²) in [5.74, 6) is 0.559. The van der Waals surface area contributed by atoms with Crippen LogP contribution in [0.3, 0.4) is 0 Å². The minimum atomic E-state index is -0.164. The van der Waals surface area contributed by atoms with Crippen LogP contribution in [0.15, 0.2) is 64.9 Å². The summed E-state index contributed by atoms with van der Waals surface area (Å²) >= 11 is 5.28. The minimum Gasteiger partial charge on any atom is -0.465 e. The Kier molecular flexibility index (Phi) is 3.89. The molecule has 110 valence electrons. The van der Waals surface area contributed by atoms with Crippen molar-refractivity contribution in [2.45, 2.75) is 6.92 Å². The molecule has 4 nitrogen and oxygen atoms in total. The van der Waals surface area contributed by atoms with E-state index in [-0.39, 0.29) is 5.91 Å². The van der Waals surface area contributed by atoms with E-state index in [0.29, 0.717) is 10.8 Å². The Morgan fingerprint density at radius 1 is 1.23 bits per heavy atom. The molecule has 1 aliphatic rings. The maximum atomic E-state index is 12.5. The molecule has 0 saturated carbocycles. The van der Waals surface area contributed by atoms with Crippen LogP contribution >= 0.6 is 12.2 Å². The van der Waals surface area contributed by atoms with Gasteiger partial charge in [-0.05, 0) is 55.1 Å². The largest absolute Gasteiger partial charge is 0.465 e. The first-order valence-corrected chi connectivity index (χ1v) is 7.20. The summed E-state index contributed by atoms with van der Waals surface area (Å²) in [7, 11) is 0. The van der Waals surface area contributed by atoms with Crippen LogP contribution in [0.1, 0.15) is 11.3 Å². The number of carbonyl (C=O) groups is 1. The van der Waals surface area contributed by atoms with Crippen LogP contribution in [0.4, 0.5) is 5.69 Å². The summed E-state index contributed by atoms with van der Waals surface area (Å²) in [6, 6.07) is 11.3. The van der Waals surface area contributed by atoms with Gasteiger partial charge in [0.1, 0.15) is 11.5 Å². The average Bonchev–Trinajstić information content (AvgIpc) is 3.10. The molecule has 1 saturated heterocycles. The molecule has 0 bridgehead atoms. The second-order valence-corrected chi connectivity index (χ2v) is 5.20. The molecule has 1 aromatic heterocycles. The molecule has 22 heavy (non-hydrogen) atoms. The number of para-hydroxylation sites is 1. The fraction of sp³-hybridized carbons (Fsp3) is 0.0588. The molecule has 1 aliphatic heterocycles. The average molecular weight is 310 g/mol. The van der Waals surface area contributed by atoms with Gasteiger partial charge in [0.15, 0.2) is 5.11 Å². The van der Waals surface area contributed by atoms with E-state index in [0.717, 1.165) is 17.0 Å². The Hall–Kier alpha value is -2.66. The van der Waals surface area contributed by atoms with Crippen molar-refractivity contribution in [1.82, 2.24) is 5.32 Å². The van der Waals surface area contributed by atoms with E-state index in [2.05, 4.69) is 5.32 Å². The predicted molar refractivity (Wildman–Crippen MR) is 90.2 cm³/mol. The second-order valence-electron chi connectivity index (χ2n) is 4.81. The Bertz CT molecular complexity index is 776. The molecule has 2 heterocycles. The van der Waals surface area contributed by atoms with Crippen molar-refractivity contribution in [3.05, 3.63) is 71.8 Å². The molecule has 0 atom stereocenters. The molecule has 0 unspecified atom stereocenters. The second kappa shape index (κ2) is 5.99. The zero-order chi connectivity index (χ0) is 15.5. The number of thiocarbonyl (C=S) groups is 1. The van der Waals surface area contributed by atoms with Gasteiger partial charge >= 0.3 is 0 Å². The highest BCUT2D eigenvalue weighted by molar-refractivity contribution is 7.80. The van der Waals surface area contributed by atoms with E-state index >= 15 is 0 Å². The first-order chi connectivity index (χ1) is 10.7. The van der Waals surface area contributed by atoms with Gasteiger partial charge in [0, 0.05) is 0 Å². The maximum absolute atomic E-state index is 12.5.